The minimum absolute atomic E-state index is 0.697. The number of methoxy groups -OCH3 is 2. The minimum atomic E-state index is 0.697. The third-order valence-corrected chi connectivity index (χ3v) is 3.02. The van der Waals surface area contributed by atoms with Gasteiger partial charge in [0.2, 0.25) is 5.75 Å². The maximum atomic E-state index is 5.78. The average molecular weight is 237 g/mol. The predicted molar refractivity (Wildman–Crippen MR) is 66.0 cm³/mol. The molecule has 0 saturated carbocycles. The standard InChI is InChI=1S/C13H19NO3/c1-15-11-4-3-5-12(16-2)13(11)17-7-6-10-8-14-9-10/h3-5,10,14H,6-9H2,1-2H3. The zero-order chi connectivity index (χ0) is 12.1. The van der Waals surface area contributed by atoms with Gasteiger partial charge in [-0.25, -0.2) is 0 Å². The fraction of sp³-hybridized carbons (Fsp3) is 0.538. The molecule has 2 rings (SSSR count). The number of para-hydroxylation sites is 1. The molecule has 1 saturated heterocycles. The van der Waals surface area contributed by atoms with E-state index >= 15 is 0 Å². The third kappa shape index (κ3) is 2.82. The molecule has 1 heterocycles. The summed E-state index contributed by atoms with van der Waals surface area (Å²) in [6, 6.07) is 5.64. The van der Waals surface area contributed by atoms with Gasteiger partial charge >= 0.3 is 0 Å². The van der Waals surface area contributed by atoms with Gasteiger partial charge in [0.25, 0.3) is 0 Å². The van der Waals surface area contributed by atoms with Crippen LogP contribution in [0.5, 0.6) is 17.2 Å². The SMILES string of the molecule is COc1cccc(OC)c1OCCC1CNC1. The van der Waals surface area contributed by atoms with E-state index in [0.717, 1.165) is 36.9 Å². The number of benzene rings is 1. The number of hydrogen-bond acceptors (Lipinski definition) is 4. The van der Waals surface area contributed by atoms with Gasteiger partial charge in [0, 0.05) is 0 Å². The Kier molecular flexibility index (Phi) is 4.09. The molecule has 1 N–H and O–H groups in total. The number of ether oxygens (including phenoxy) is 3. The van der Waals surface area contributed by atoms with E-state index in [-0.39, 0.29) is 0 Å². The Morgan fingerprint density at radius 1 is 1.18 bits per heavy atom. The van der Waals surface area contributed by atoms with Gasteiger partial charge in [-0.15, -0.1) is 0 Å². The molecule has 0 bridgehead atoms. The molecule has 94 valence electrons. The maximum absolute atomic E-state index is 5.78. The van der Waals surface area contributed by atoms with Crippen molar-refractivity contribution >= 4 is 0 Å². The molecule has 0 aromatic heterocycles. The van der Waals surface area contributed by atoms with Crippen molar-refractivity contribution in [1.29, 1.82) is 0 Å². The first kappa shape index (κ1) is 12.0. The summed E-state index contributed by atoms with van der Waals surface area (Å²) in [7, 11) is 3.27. The predicted octanol–water partition coefficient (Wildman–Crippen LogP) is 1.69. The summed E-state index contributed by atoms with van der Waals surface area (Å²) in [6.07, 6.45) is 1.06. The van der Waals surface area contributed by atoms with Gasteiger partial charge in [-0.3, -0.25) is 0 Å². The first-order chi connectivity index (χ1) is 8.35. The van der Waals surface area contributed by atoms with Crippen LogP contribution in [0.2, 0.25) is 0 Å². The summed E-state index contributed by atoms with van der Waals surface area (Å²) in [6.45, 7) is 2.90. The second kappa shape index (κ2) is 5.77. The van der Waals surface area contributed by atoms with Crippen LogP contribution in [0.4, 0.5) is 0 Å². The van der Waals surface area contributed by atoms with Crippen molar-refractivity contribution in [3.05, 3.63) is 18.2 Å². The van der Waals surface area contributed by atoms with E-state index in [4.69, 9.17) is 14.2 Å². The van der Waals surface area contributed by atoms with E-state index in [2.05, 4.69) is 5.32 Å². The van der Waals surface area contributed by atoms with Crippen molar-refractivity contribution in [3.8, 4) is 17.2 Å². The summed E-state index contributed by atoms with van der Waals surface area (Å²) in [5.41, 5.74) is 0. The maximum Gasteiger partial charge on any atom is 0.203 e. The Bertz CT molecular complexity index is 341. The lowest BCUT2D eigenvalue weighted by Gasteiger charge is -2.27. The van der Waals surface area contributed by atoms with Gasteiger partial charge in [0.1, 0.15) is 0 Å². The Balaban J connectivity index is 1.96. The molecule has 1 aliphatic heterocycles. The monoisotopic (exact) mass is 237 g/mol. The van der Waals surface area contributed by atoms with E-state index < -0.39 is 0 Å². The van der Waals surface area contributed by atoms with Crippen molar-refractivity contribution in [1.82, 2.24) is 5.32 Å². The van der Waals surface area contributed by atoms with E-state index in [1.54, 1.807) is 14.2 Å². The molecule has 17 heavy (non-hydrogen) atoms. The third-order valence-electron chi connectivity index (χ3n) is 3.02. The molecular formula is C13H19NO3. The van der Waals surface area contributed by atoms with Crippen LogP contribution < -0.4 is 19.5 Å². The van der Waals surface area contributed by atoms with Crippen LogP contribution in [-0.4, -0.2) is 33.9 Å². The highest BCUT2D eigenvalue weighted by molar-refractivity contribution is 5.51. The van der Waals surface area contributed by atoms with E-state index in [1.165, 1.54) is 0 Å². The largest absolute Gasteiger partial charge is 0.493 e. The van der Waals surface area contributed by atoms with Gasteiger partial charge in [0.15, 0.2) is 11.5 Å². The van der Waals surface area contributed by atoms with Crippen LogP contribution in [0.3, 0.4) is 0 Å². The molecule has 0 aliphatic carbocycles. The summed E-state index contributed by atoms with van der Waals surface area (Å²) >= 11 is 0. The van der Waals surface area contributed by atoms with Crippen molar-refractivity contribution in [2.45, 2.75) is 6.42 Å². The van der Waals surface area contributed by atoms with Crippen LogP contribution in [0.15, 0.2) is 18.2 Å². The van der Waals surface area contributed by atoms with Gasteiger partial charge < -0.3 is 19.5 Å². The van der Waals surface area contributed by atoms with Gasteiger partial charge in [-0.05, 0) is 37.6 Å². The molecule has 1 aromatic rings. The highest BCUT2D eigenvalue weighted by Gasteiger charge is 2.17. The highest BCUT2D eigenvalue weighted by atomic mass is 16.5. The fourth-order valence-electron chi connectivity index (χ4n) is 1.84. The molecule has 4 heteroatoms. The molecule has 4 nitrogen and oxygen atoms in total. The van der Waals surface area contributed by atoms with Crippen molar-refractivity contribution in [2.75, 3.05) is 33.9 Å². The van der Waals surface area contributed by atoms with Crippen LogP contribution in [-0.2, 0) is 0 Å². The average Bonchev–Trinajstić information content (AvgIpc) is 2.32. The lowest BCUT2D eigenvalue weighted by atomic mass is 10.0. The summed E-state index contributed by atoms with van der Waals surface area (Å²) < 4.78 is 16.3. The smallest absolute Gasteiger partial charge is 0.203 e. The molecule has 0 radical (unpaired) electrons. The summed E-state index contributed by atoms with van der Waals surface area (Å²) in [5, 5.41) is 3.25. The lowest BCUT2D eigenvalue weighted by Crippen LogP contribution is -2.42. The quantitative estimate of drug-likeness (QED) is 0.817. The summed E-state index contributed by atoms with van der Waals surface area (Å²) in [5.74, 6) is 2.88. The van der Waals surface area contributed by atoms with E-state index in [0.29, 0.717) is 12.4 Å². The normalized spacial score (nSPS) is 15.2. The molecule has 1 fully saturated rings. The van der Waals surface area contributed by atoms with Crippen LogP contribution in [0.25, 0.3) is 0 Å². The number of nitrogens with one attached hydrogen (secondary N) is 1. The Hall–Kier alpha value is -1.42. The first-order valence-corrected chi connectivity index (χ1v) is 5.89. The molecule has 0 unspecified atom stereocenters. The van der Waals surface area contributed by atoms with Crippen LogP contribution >= 0.6 is 0 Å². The van der Waals surface area contributed by atoms with Gasteiger partial charge in [0.05, 0.1) is 20.8 Å². The highest BCUT2D eigenvalue weighted by Crippen LogP contribution is 2.36. The number of rotatable bonds is 6. The van der Waals surface area contributed by atoms with Gasteiger partial charge in [-0.1, -0.05) is 6.07 Å². The van der Waals surface area contributed by atoms with Crippen LogP contribution in [0.1, 0.15) is 6.42 Å². The molecule has 0 atom stereocenters. The second-order valence-electron chi connectivity index (χ2n) is 4.15. The van der Waals surface area contributed by atoms with Crippen molar-refractivity contribution in [3.63, 3.8) is 0 Å². The van der Waals surface area contributed by atoms with Gasteiger partial charge in [-0.2, -0.15) is 0 Å². The fourth-order valence-corrected chi connectivity index (χ4v) is 1.84. The molecular weight excluding hydrogens is 218 g/mol. The zero-order valence-electron chi connectivity index (χ0n) is 10.4. The van der Waals surface area contributed by atoms with E-state index in [9.17, 15) is 0 Å². The molecule has 1 aromatic carbocycles. The Morgan fingerprint density at radius 2 is 1.82 bits per heavy atom. The molecule has 1 aliphatic rings. The molecule has 0 spiro atoms. The van der Waals surface area contributed by atoms with E-state index in [1.807, 2.05) is 18.2 Å². The van der Waals surface area contributed by atoms with Crippen molar-refractivity contribution in [2.24, 2.45) is 5.92 Å². The summed E-state index contributed by atoms with van der Waals surface area (Å²) in [4.78, 5) is 0. The van der Waals surface area contributed by atoms with Crippen molar-refractivity contribution < 1.29 is 14.2 Å². The number of hydrogen-bond donors (Lipinski definition) is 1. The lowest BCUT2D eigenvalue weighted by molar-refractivity contribution is 0.223. The first-order valence-electron chi connectivity index (χ1n) is 5.89. The topological polar surface area (TPSA) is 39.7 Å². The Labute approximate surface area is 102 Å². The molecule has 0 amide bonds. The van der Waals surface area contributed by atoms with Crippen LogP contribution in [0, 0.1) is 5.92 Å². The minimum Gasteiger partial charge on any atom is -0.493 e. The Morgan fingerprint density at radius 3 is 2.29 bits per heavy atom. The second-order valence-corrected chi connectivity index (χ2v) is 4.15. The zero-order valence-corrected chi connectivity index (χ0v) is 10.4.